The number of aromatic nitrogens is 1. The van der Waals surface area contributed by atoms with Gasteiger partial charge in [0.05, 0.1) is 35.5 Å². The molecule has 1 atom stereocenters. The molecule has 0 radical (unpaired) electrons. The van der Waals surface area contributed by atoms with Crippen LogP contribution in [0.2, 0.25) is 10.0 Å². The van der Waals surface area contributed by atoms with Gasteiger partial charge in [0.1, 0.15) is 11.5 Å². The van der Waals surface area contributed by atoms with Gasteiger partial charge in [0.2, 0.25) is 0 Å². The van der Waals surface area contributed by atoms with Crippen LogP contribution in [0.3, 0.4) is 0 Å². The Bertz CT molecular complexity index is 1100. The molecule has 0 saturated heterocycles. The van der Waals surface area contributed by atoms with Crippen molar-refractivity contribution >= 4 is 51.5 Å². The zero-order valence-electron chi connectivity index (χ0n) is 16.8. The van der Waals surface area contributed by atoms with Gasteiger partial charge in [-0.1, -0.05) is 29.3 Å². The van der Waals surface area contributed by atoms with E-state index in [1.54, 1.807) is 29.6 Å². The molecule has 1 aromatic heterocycles. The fourth-order valence-electron chi connectivity index (χ4n) is 2.53. The van der Waals surface area contributed by atoms with Crippen molar-refractivity contribution in [1.29, 1.82) is 0 Å². The number of halogens is 2. The summed E-state index contributed by atoms with van der Waals surface area (Å²) in [5, 5.41) is 5.63. The summed E-state index contributed by atoms with van der Waals surface area (Å²) >= 11 is 13.2. The Morgan fingerprint density at radius 3 is 2.32 bits per heavy atom. The van der Waals surface area contributed by atoms with Crippen LogP contribution in [0.5, 0.6) is 11.5 Å². The van der Waals surface area contributed by atoms with Crippen LogP contribution in [-0.2, 0) is 9.53 Å². The van der Waals surface area contributed by atoms with Crippen molar-refractivity contribution in [3.05, 3.63) is 57.4 Å². The molecule has 2 aromatic carbocycles. The third kappa shape index (κ3) is 5.66. The van der Waals surface area contributed by atoms with Gasteiger partial charge in [-0.3, -0.25) is 10.1 Å². The first kappa shape index (κ1) is 22.9. The maximum atomic E-state index is 12.5. The van der Waals surface area contributed by atoms with Crippen molar-refractivity contribution < 1.29 is 23.8 Å². The molecular formula is C21H18Cl2N2O5S. The number of hydrogen-bond donors (Lipinski definition) is 1. The number of thiazole rings is 1. The predicted molar refractivity (Wildman–Crippen MR) is 121 cm³/mol. The molecule has 1 unspecified atom stereocenters. The third-order valence-electron chi connectivity index (χ3n) is 4.19. The number of nitrogens with zero attached hydrogens (tertiary/aromatic N) is 1. The van der Waals surface area contributed by atoms with Crippen molar-refractivity contribution in [3.8, 4) is 22.8 Å². The maximum absolute atomic E-state index is 12.5. The standard InChI is InChI=1S/C21H18Cl2N2O5S/c1-11(30-20(27)13-6-14(28-2)9-15(7-13)29-3)19(26)25-21-24-18(10-31-21)12-4-5-16(22)17(23)8-12/h4-11H,1-3H3,(H,24,25,26). The van der Waals surface area contributed by atoms with Gasteiger partial charge in [0, 0.05) is 17.0 Å². The maximum Gasteiger partial charge on any atom is 0.339 e. The predicted octanol–water partition coefficient (Wildman–Crippen LogP) is 5.32. The van der Waals surface area contributed by atoms with Crippen molar-refractivity contribution in [2.75, 3.05) is 19.5 Å². The van der Waals surface area contributed by atoms with Crippen LogP contribution in [0.4, 0.5) is 5.13 Å². The van der Waals surface area contributed by atoms with E-state index in [1.807, 2.05) is 0 Å². The third-order valence-corrected chi connectivity index (χ3v) is 5.69. The summed E-state index contributed by atoms with van der Waals surface area (Å²) in [5.41, 5.74) is 1.59. The Kier molecular flexibility index (Phi) is 7.37. The van der Waals surface area contributed by atoms with E-state index in [9.17, 15) is 9.59 Å². The van der Waals surface area contributed by atoms with Crippen molar-refractivity contribution in [3.63, 3.8) is 0 Å². The molecule has 0 aliphatic heterocycles. The molecule has 31 heavy (non-hydrogen) atoms. The number of hydrogen-bond acceptors (Lipinski definition) is 7. The second-order valence-corrected chi connectivity index (χ2v) is 7.98. The molecule has 0 saturated carbocycles. The molecule has 0 spiro atoms. The molecule has 0 bridgehead atoms. The molecule has 0 aliphatic rings. The minimum absolute atomic E-state index is 0.201. The lowest BCUT2D eigenvalue weighted by Crippen LogP contribution is -2.30. The van der Waals surface area contributed by atoms with Crippen molar-refractivity contribution in [2.24, 2.45) is 0 Å². The number of nitrogens with one attached hydrogen (secondary N) is 1. The zero-order chi connectivity index (χ0) is 22.5. The monoisotopic (exact) mass is 480 g/mol. The number of rotatable bonds is 7. The van der Waals surface area contributed by atoms with Crippen LogP contribution < -0.4 is 14.8 Å². The first-order valence-corrected chi connectivity index (χ1v) is 10.6. The molecule has 7 nitrogen and oxygen atoms in total. The first-order valence-electron chi connectivity index (χ1n) is 8.96. The van der Waals surface area contributed by atoms with Crippen LogP contribution in [0.1, 0.15) is 17.3 Å². The van der Waals surface area contributed by atoms with Crippen LogP contribution in [-0.4, -0.2) is 37.2 Å². The lowest BCUT2D eigenvalue weighted by atomic mass is 10.2. The summed E-state index contributed by atoms with van der Waals surface area (Å²) in [7, 11) is 2.94. The molecule has 10 heteroatoms. The van der Waals surface area contributed by atoms with Gasteiger partial charge in [-0.15, -0.1) is 11.3 Å². The molecule has 1 N–H and O–H groups in total. The molecule has 162 valence electrons. The van der Waals surface area contributed by atoms with E-state index in [1.165, 1.54) is 44.6 Å². The van der Waals surface area contributed by atoms with E-state index in [0.717, 1.165) is 5.56 Å². The molecule has 3 aromatic rings. The highest BCUT2D eigenvalue weighted by Crippen LogP contribution is 2.30. The first-order chi connectivity index (χ1) is 14.8. The number of ether oxygens (including phenoxy) is 3. The second-order valence-electron chi connectivity index (χ2n) is 6.30. The average Bonchev–Trinajstić information content (AvgIpc) is 3.23. The van der Waals surface area contributed by atoms with Crippen LogP contribution >= 0.6 is 34.5 Å². The highest BCUT2D eigenvalue weighted by atomic mass is 35.5. The highest BCUT2D eigenvalue weighted by Gasteiger charge is 2.21. The quantitative estimate of drug-likeness (QED) is 0.460. The fraction of sp³-hybridized carbons (Fsp3) is 0.190. The minimum atomic E-state index is -1.05. The molecule has 0 fully saturated rings. The number of benzene rings is 2. The van der Waals surface area contributed by atoms with Crippen LogP contribution in [0.25, 0.3) is 11.3 Å². The van der Waals surface area contributed by atoms with Crippen LogP contribution in [0, 0.1) is 0 Å². The summed E-state index contributed by atoms with van der Waals surface area (Å²) in [5.74, 6) is -0.337. The van der Waals surface area contributed by atoms with Gasteiger partial charge in [-0.25, -0.2) is 9.78 Å². The van der Waals surface area contributed by atoms with Crippen molar-refractivity contribution in [1.82, 2.24) is 4.98 Å². The Morgan fingerprint density at radius 1 is 1.03 bits per heavy atom. The Balaban J connectivity index is 1.65. The summed E-state index contributed by atoms with van der Waals surface area (Å²) in [4.78, 5) is 29.3. The van der Waals surface area contributed by atoms with Gasteiger partial charge in [-0.2, -0.15) is 0 Å². The normalized spacial score (nSPS) is 11.5. The molecule has 1 amide bonds. The summed E-state index contributed by atoms with van der Waals surface area (Å²) in [6.07, 6.45) is -1.05. The highest BCUT2D eigenvalue weighted by molar-refractivity contribution is 7.14. The lowest BCUT2D eigenvalue weighted by molar-refractivity contribution is -0.123. The number of carbonyl (C=O) groups is 2. The van der Waals surface area contributed by atoms with E-state index >= 15 is 0 Å². The second kappa shape index (κ2) is 10.00. The lowest BCUT2D eigenvalue weighted by Gasteiger charge is -2.13. The zero-order valence-corrected chi connectivity index (χ0v) is 19.1. The molecule has 0 aliphatic carbocycles. The van der Waals surface area contributed by atoms with E-state index in [2.05, 4.69) is 10.3 Å². The topological polar surface area (TPSA) is 86.8 Å². The van der Waals surface area contributed by atoms with E-state index < -0.39 is 18.0 Å². The number of carbonyl (C=O) groups excluding carboxylic acids is 2. The minimum Gasteiger partial charge on any atom is -0.497 e. The van der Waals surface area contributed by atoms with Gasteiger partial charge in [0.15, 0.2) is 11.2 Å². The largest absolute Gasteiger partial charge is 0.497 e. The van der Waals surface area contributed by atoms with E-state index in [0.29, 0.717) is 32.4 Å². The van der Waals surface area contributed by atoms with Gasteiger partial charge < -0.3 is 14.2 Å². The molecular weight excluding hydrogens is 463 g/mol. The molecule has 3 rings (SSSR count). The Labute approximate surface area is 192 Å². The molecule has 1 heterocycles. The summed E-state index contributed by atoms with van der Waals surface area (Å²) in [6, 6.07) is 9.77. The summed E-state index contributed by atoms with van der Waals surface area (Å²) in [6.45, 7) is 1.47. The van der Waals surface area contributed by atoms with Crippen molar-refractivity contribution in [2.45, 2.75) is 13.0 Å². The Morgan fingerprint density at radius 2 is 1.71 bits per heavy atom. The SMILES string of the molecule is COc1cc(OC)cc(C(=O)OC(C)C(=O)Nc2nc(-c3ccc(Cl)c(Cl)c3)cs2)c1. The van der Waals surface area contributed by atoms with E-state index in [-0.39, 0.29) is 5.56 Å². The van der Waals surface area contributed by atoms with Gasteiger partial charge >= 0.3 is 5.97 Å². The number of methoxy groups -OCH3 is 2. The van der Waals surface area contributed by atoms with Gasteiger partial charge in [-0.05, 0) is 31.2 Å². The van der Waals surface area contributed by atoms with Crippen LogP contribution in [0.15, 0.2) is 41.8 Å². The average molecular weight is 481 g/mol. The summed E-state index contributed by atoms with van der Waals surface area (Å²) < 4.78 is 15.6. The smallest absolute Gasteiger partial charge is 0.339 e. The number of amides is 1. The number of esters is 1. The van der Waals surface area contributed by atoms with Gasteiger partial charge in [0.25, 0.3) is 5.91 Å². The number of anilines is 1. The fourth-order valence-corrected chi connectivity index (χ4v) is 3.55. The Hall–Kier alpha value is -2.81. The van der Waals surface area contributed by atoms with E-state index in [4.69, 9.17) is 37.4 Å².